The molecule has 1 saturated carbocycles. The minimum Gasteiger partial charge on any atom is -0.391 e. The third kappa shape index (κ3) is 0.499. The minimum absolute atomic E-state index is 0.540. The predicted molar refractivity (Wildman–Crippen MR) is 38.0 cm³/mol. The van der Waals surface area contributed by atoms with Gasteiger partial charge in [0.2, 0.25) is 0 Å². The second kappa shape index (κ2) is 1.18. The SMILES string of the molecule is CC12C=CNCC1(C)C2. The summed E-state index contributed by atoms with van der Waals surface area (Å²) in [6.45, 7) is 5.86. The van der Waals surface area contributed by atoms with Gasteiger partial charge in [-0.2, -0.15) is 0 Å². The molecule has 1 N–H and O–H groups in total. The van der Waals surface area contributed by atoms with Crippen molar-refractivity contribution in [2.75, 3.05) is 6.54 Å². The molecular formula is C8H13N. The molecule has 0 aromatic heterocycles. The first-order valence-corrected chi connectivity index (χ1v) is 3.57. The molecule has 0 aromatic carbocycles. The van der Waals surface area contributed by atoms with Crippen LogP contribution in [0.2, 0.25) is 0 Å². The van der Waals surface area contributed by atoms with Gasteiger partial charge >= 0.3 is 0 Å². The van der Waals surface area contributed by atoms with E-state index >= 15 is 0 Å². The summed E-state index contributed by atoms with van der Waals surface area (Å²) in [7, 11) is 0. The molecule has 1 fully saturated rings. The molecule has 50 valence electrons. The molecule has 1 heteroatoms. The van der Waals surface area contributed by atoms with Crippen molar-refractivity contribution < 1.29 is 0 Å². The molecule has 1 aliphatic heterocycles. The van der Waals surface area contributed by atoms with Crippen LogP contribution in [0, 0.1) is 10.8 Å². The zero-order valence-electron chi connectivity index (χ0n) is 6.07. The van der Waals surface area contributed by atoms with E-state index < -0.39 is 0 Å². The molecule has 2 rings (SSSR count). The van der Waals surface area contributed by atoms with E-state index in [0.717, 1.165) is 0 Å². The van der Waals surface area contributed by atoms with Crippen LogP contribution < -0.4 is 5.32 Å². The molecule has 0 spiro atoms. The Hall–Kier alpha value is -0.460. The lowest BCUT2D eigenvalue weighted by atomic mass is 9.94. The van der Waals surface area contributed by atoms with Crippen LogP contribution in [-0.2, 0) is 0 Å². The van der Waals surface area contributed by atoms with E-state index in [-0.39, 0.29) is 0 Å². The van der Waals surface area contributed by atoms with E-state index in [9.17, 15) is 0 Å². The highest BCUT2D eigenvalue weighted by molar-refractivity contribution is 5.23. The maximum absolute atomic E-state index is 3.26. The van der Waals surface area contributed by atoms with Crippen LogP contribution in [0.15, 0.2) is 12.3 Å². The molecule has 2 unspecified atom stereocenters. The van der Waals surface area contributed by atoms with Gasteiger partial charge in [-0.25, -0.2) is 0 Å². The summed E-state index contributed by atoms with van der Waals surface area (Å²) < 4.78 is 0. The molecule has 0 aromatic rings. The van der Waals surface area contributed by atoms with Crippen LogP contribution >= 0.6 is 0 Å². The highest BCUT2D eigenvalue weighted by Gasteiger charge is 2.59. The molecular weight excluding hydrogens is 110 g/mol. The van der Waals surface area contributed by atoms with Crippen molar-refractivity contribution in [2.45, 2.75) is 20.3 Å². The van der Waals surface area contributed by atoms with E-state index in [0.29, 0.717) is 10.8 Å². The monoisotopic (exact) mass is 123 g/mol. The van der Waals surface area contributed by atoms with Crippen LogP contribution in [0.1, 0.15) is 20.3 Å². The molecule has 0 radical (unpaired) electrons. The van der Waals surface area contributed by atoms with E-state index in [1.165, 1.54) is 13.0 Å². The van der Waals surface area contributed by atoms with Gasteiger partial charge in [-0.05, 0) is 23.5 Å². The normalized spacial score (nSPS) is 54.0. The number of fused-ring (bicyclic) bond motifs is 1. The van der Waals surface area contributed by atoms with Gasteiger partial charge in [0.25, 0.3) is 0 Å². The molecule has 9 heavy (non-hydrogen) atoms. The van der Waals surface area contributed by atoms with Gasteiger partial charge in [0.1, 0.15) is 0 Å². The fourth-order valence-corrected chi connectivity index (χ4v) is 1.82. The third-order valence-corrected chi connectivity index (χ3v) is 3.07. The lowest BCUT2D eigenvalue weighted by Crippen LogP contribution is -2.25. The Morgan fingerprint density at radius 2 is 2.22 bits per heavy atom. The Balaban J connectivity index is 2.30. The first-order chi connectivity index (χ1) is 4.16. The number of hydrogen-bond acceptors (Lipinski definition) is 1. The van der Waals surface area contributed by atoms with Gasteiger partial charge < -0.3 is 5.32 Å². The summed E-state index contributed by atoms with van der Waals surface area (Å²) in [6.07, 6.45) is 5.76. The molecule has 0 amide bonds. The zero-order valence-corrected chi connectivity index (χ0v) is 6.07. The van der Waals surface area contributed by atoms with Crippen molar-refractivity contribution in [2.24, 2.45) is 10.8 Å². The van der Waals surface area contributed by atoms with E-state index in [1.807, 2.05) is 0 Å². The Morgan fingerprint density at radius 1 is 1.44 bits per heavy atom. The predicted octanol–water partition coefficient (Wildman–Crippen LogP) is 1.52. The van der Waals surface area contributed by atoms with Crippen molar-refractivity contribution in [3.05, 3.63) is 12.3 Å². The average Bonchev–Trinajstić information content (AvgIpc) is 2.33. The fraction of sp³-hybridized carbons (Fsp3) is 0.750. The van der Waals surface area contributed by atoms with E-state index in [1.54, 1.807) is 0 Å². The average molecular weight is 123 g/mol. The summed E-state index contributed by atoms with van der Waals surface area (Å²) in [5.41, 5.74) is 1.12. The molecule has 1 nitrogen and oxygen atoms in total. The van der Waals surface area contributed by atoms with Gasteiger partial charge in [0, 0.05) is 6.54 Å². The Labute approximate surface area is 56.1 Å². The van der Waals surface area contributed by atoms with Gasteiger partial charge in [-0.3, -0.25) is 0 Å². The van der Waals surface area contributed by atoms with Crippen LogP contribution in [0.5, 0.6) is 0 Å². The van der Waals surface area contributed by atoms with Crippen LogP contribution in [0.3, 0.4) is 0 Å². The van der Waals surface area contributed by atoms with Crippen molar-refractivity contribution >= 4 is 0 Å². The Kier molecular flexibility index (Phi) is 0.699. The number of allylic oxidation sites excluding steroid dienone is 1. The van der Waals surface area contributed by atoms with Gasteiger partial charge in [-0.15, -0.1) is 0 Å². The quantitative estimate of drug-likeness (QED) is 0.515. The zero-order chi connectivity index (χ0) is 6.54. The molecule has 1 aliphatic carbocycles. The summed E-state index contributed by atoms with van der Waals surface area (Å²) >= 11 is 0. The fourth-order valence-electron chi connectivity index (χ4n) is 1.82. The summed E-state index contributed by atoms with van der Waals surface area (Å²) in [5.74, 6) is 0. The minimum atomic E-state index is 0.540. The highest BCUT2D eigenvalue weighted by Crippen LogP contribution is 2.64. The van der Waals surface area contributed by atoms with Gasteiger partial charge in [-0.1, -0.05) is 19.9 Å². The van der Waals surface area contributed by atoms with Crippen LogP contribution in [0.4, 0.5) is 0 Å². The van der Waals surface area contributed by atoms with Gasteiger partial charge in [0.15, 0.2) is 0 Å². The molecule has 0 bridgehead atoms. The third-order valence-electron chi connectivity index (χ3n) is 3.07. The first-order valence-electron chi connectivity index (χ1n) is 3.57. The lowest BCUT2D eigenvalue weighted by Gasteiger charge is -2.19. The summed E-state index contributed by atoms with van der Waals surface area (Å²) in [6, 6.07) is 0. The summed E-state index contributed by atoms with van der Waals surface area (Å²) in [5, 5.41) is 3.26. The van der Waals surface area contributed by atoms with Gasteiger partial charge in [0.05, 0.1) is 0 Å². The highest BCUT2D eigenvalue weighted by atomic mass is 14.9. The van der Waals surface area contributed by atoms with Crippen molar-refractivity contribution in [3.63, 3.8) is 0 Å². The van der Waals surface area contributed by atoms with Crippen molar-refractivity contribution in [1.29, 1.82) is 0 Å². The topological polar surface area (TPSA) is 12.0 Å². The van der Waals surface area contributed by atoms with Crippen molar-refractivity contribution in [1.82, 2.24) is 5.32 Å². The largest absolute Gasteiger partial charge is 0.391 e. The standard InChI is InChI=1S/C8H13N/c1-7-3-4-9-6-8(7,2)5-7/h3-4,9H,5-6H2,1-2H3. The van der Waals surface area contributed by atoms with Crippen LogP contribution in [-0.4, -0.2) is 6.54 Å². The number of rotatable bonds is 0. The molecule has 2 aliphatic rings. The molecule has 1 heterocycles. The maximum atomic E-state index is 3.26. The smallest absolute Gasteiger partial charge is 0.0203 e. The second-order valence-electron chi connectivity index (χ2n) is 3.87. The van der Waals surface area contributed by atoms with E-state index in [4.69, 9.17) is 0 Å². The Morgan fingerprint density at radius 3 is 2.67 bits per heavy atom. The van der Waals surface area contributed by atoms with Crippen LogP contribution in [0.25, 0.3) is 0 Å². The molecule has 2 atom stereocenters. The number of hydrogen-bond donors (Lipinski definition) is 1. The Bertz CT molecular complexity index is 169. The van der Waals surface area contributed by atoms with E-state index in [2.05, 4.69) is 31.4 Å². The number of nitrogens with one attached hydrogen (secondary N) is 1. The maximum Gasteiger partial charge on any atom is 0.0203 e. The lowest BCUT2D eigenvalue weighted by molar-refractivity contribution is 0.422. The summed E-state index contributed by atoms with van der Waals surface area (Å²) in [4.78, 5) is 0. The second-order valence-corrected chi connectivity index (χ2v) is 3.87. The first kappa shape index (κ1) is 5.33. The molecule has 0 saturated heterocycles. The van der Waals surface area contributed by atoms with Crippen molar-refractivity contribution in [3.8, 4) is 0 Å².